The average Bonchev–Trinajstić information content (AvgIpc) is 3.44. The van der Waals surface area contributed by atoms with Crippen LogP contribution < -0.4 is 5.32 Å². The van der Waals surface area contributed by atoms with Crippen LogP contribution in [0, 0.1) is 0 Å². The number of carbonyl (C=O) groups excluding carboxylic acids is 2. The molecule has 0 fully saturated rings. The number of hydrogen-bond acceptors (Lipinski definition) is 6. The number of allylic oxidation sites excluding steroid dienone is 19. The van der Waals surface area contributed by atoms with E-state index in [4.69, 9.17) is 13.8 Å². The lowest BCUT2D eigenvalue weighted by molar-refractivity contribution is -0.870. The van der Waals surface area contributed by atoms with Gasteiger partial charge in [0.15, 0.2) is 0 Å². The van der Waals surface area contributed by atoms with E-state index in [1.54, 1.807) is 0 Å². The van der Waals surface area contributed by atoms with Crippen molar-refractivity contribution in [2.45, 2.75) is 283 Å². The van der Waals surface area contributed by atoms with Gasteiger partial charge < -0.3 is 19.4 Å². The van der Waals surface area contributed by atoms with Gasteiger partial charge in [0.05, 0.1) is 33.8 Å². The summed E-state index contributed by atoms with van der Waals surface area (Å²) in [6.07, 6.45) is 84.8. The summed E-state index contributed by atoms with van der Waals surface area (Å²) in [6, 6.07) is -0.872. The maximum Gasteiger partial charge on any atom is 0.472 e. The van der Waals surface area contributed by atoms with E-state index in [0.29, 0.717) is 17.4 Å². The highest BCUT2D eigenvalue weighted by Crippen LogP contribution is 2.43. The molecule has 0 aromatic carbocycles. The summed E-state index contributed by atoms with van der Waals surface area (Å²) in [5, 5.41) is 3.05. The largest absolute Gasteiger partial charge is 0.472 e. The third-order valence-electron chi connectivity index (χ3n) is 14.1. The zero-order valence-corrected chi connectivity index (χ0v) is 54.6. The standard InChI is InChI=1S/C72H125N2O7P/c1-7-10-13-16-19-22-25-28-30-32-34-36-37-39-41-43-45-47-50-53-56-59-62-65-72(76)81-70(63-60-57-54-51-48-27-24-21-18-15-12-9-3)69(68-80-82(77,78)79-67-66-74(4,5)6)73-71(75)64-61-58-55-52-49-46-44-42-40-38-35-33-31-29-26-23-20-17-14-11-8-2/h10,13,19-20,22-23,28-31,34-36,38-39,41-42,44,60,63,69-70H,7-9,11-12,14-18,21,24-27,32-33,37,40,43,45-59,61-62,64-68H2,1-6H3,(H-,73,75,77,78)/p+1/b13-10-,22-19-,23-20-,30-28-,31-29-,36-34-,38-35-,41-39-,44-42-,63-60+. The Kier molecular flexibility index (Phi) is 57.9. The second kappa shape index (κ2) is 60.5. The van der Waals surface area contributed by atoms with Gasteiger partial charge in [-0.2, -0.15) is 0 Å². The fourth-order valence-corrected chi connectivity index (χ4v) is 9.74. The van der Waals surface area contributed by atoms with Gasteiger partial charge in [0.1, 0.15) is 19.3 Å². The number of hydrogen-bond donors (Lipinski definition) is 2. The first-order valence-electron chi connectivity index (χ1n) is 33.4. The molecule has 470 valence electrons. The van der Waals surface area contributed by atoms with Crippen molar-refractivity contribution in [2.24, 2.45) is 0 Å². The number of carbonyl (C=O) groups is 2. The van der Waals surface area contributed by atoms with Gasteiger partial charge in [-0.05, 0) is 122 Å². The van der Waals surface area contributed by atoms with Crippen molar-refractivity contribution in [3.05, 3.63) is 122 Å². The Balaban J connectivity index is 5.24. The lowest BCUT2D eigenvalue weighted by Gasteiger charge is -2.27. The van der Waals surface area contributed by atoms with Crippen LogP contribution >= 0.6 is 7.82 Å². The van der Waals surface area contributed by atoms with Gasteiger partial charge in [-0.25, -0.2) is 4.57 Å². The number of unbranched alkanes of at least 4 members (excludes halogenated alkanes) is 25. The second-order valence-corrected chi connectivity index (χ2v) is 24.7. The number of amides is 1. The SMILES string of the molecule is CC/C=C\C/C=C\C/C=C\C/C=C\C/C=C\CCCCCCCCCC(=O)OC(/C=C/CCCCCCCCCCCC)C(COP(=O)(O)OCC[N+](C)(C)C)NC(=O)CCCCCCC/C=C\C/C=C\C/C=C\C/C=C\CCCCC. The third kappa shape index (κ3) is 61.0. The number of ether oxygens (including phenoxy) is 1. The summed E-state index contributed by atoms with van der Waals surface area (Å²) in [5.41, 5.74) is 0. The molecule has 0 saturated carbocycles. The fraction of sp³-hybridized carbons (Fsp3) is 0.694. The van der Waals surface area contributed by atoms with Crippen LogP contribution in [0.25, 0.3) is 0 Å². The molecule has 0 aliphatic carbocycles. The van der Waals surface area contributed by atoms with E-state index >= 15 is 0 Å². The van der Waals surface area contributed by atoms with Crippen molar-refractivity contribution < 1.29 is 37.3 Å². The number of quaternary nitrogens is 1. The number of nitrogens with zero attached hydrogens (tertiary/aromatic N) is 1. The fourth-order valence-electron chi connectivity index (χ4n) is 9.01. The minimum absolute atomic E-state index is 0.0279. The van der Waals surface area contributed by atoms with Crippen LogP contribution in [0.2, 0.25) is 0 Å². The van der Waals surface area contributed by atoms with Gasteiger partial charge in [0.25, 0.3) is 0 Å². The molecule has 0 aliphatic rings. The number of esters is 1. The first-order valence-corrected chi connectivity index (χ1v) is 34.9. The van der Waals surface area contributed by atoms with E-state index < -0.39 is 20.0 Å². The van der Waals surface area contributed by atoms with Crippen LogP contribution in [0.15, 0.2) is 122 Å². The Morgan fingerprint density at radius 1 is 0.439 bits per heavy atom. The molecule has 9 nitrogen and oxygen atoms in total. The van der Waals surface area contributed by atoms with E-state index in [-0.39, 0.29) is 31.5 Å². The Morgan fingerprint density at radius 2 is 0.780 bits per heavy atom. The number of nitrogens with one attached hydrogen (secondary N) is 1. The normalized spacial score (nSPS) is 14.4. The molecule has 0 saturated heterocycles. The lowest BCUT2D eigenvalue weighted by Crippen LogP contribution is -2.47. The molecule has 82 heavy (non-hydrogen) atoms. The topological polar surface area (TPSA) is 111 Å². The summed E-state index contributed by atoms with van der Waals surface area (Å²) < 4.78 is 30.7. The lowest BCUT2D eigenvalue weighted by atomic mass is 10.0. The monoisotopic (exact) mass is 1160 g/mol. The number of likely N-dealkylation sites (N-methyl/N-ethyl adjacent to an activating group) is 1. The first-order chi connectivity index (χ1) is 39.9. The number of phosphoric ester groups is 1. The third-order valence-corrected chi connectivity index (χ3v) is 15.1. The summed E-state index contributed by atoms with van der Waals surface area (Å²) in [4.78, 5) is 37.8. The van der Waals surface area contributed by atoms with Crippen LogP contribution in [-0.2, 0) is 27.9 Å². The predicted molar refractivity (Wildman–Crippen MR) is 355 cm³/mol. The minimum atomic E-state index is -4.47. The molecule has 2 N–H and O–H groups in total. The van der Waals surface area contributed by atoms with E-state index in [1.165, 1.54) is 96.3 Å². The van der Waals surface area contributed by atoms with Crippen molar-refractivity contribution in [3.63, 3.8) is 0 Å². The number of phosphoric acid groups is 1. The van der Waals surface area contributed by atoms with Gasteiger partial charge in [-0.3, -0.25) is 18.6 Å². The molecule has 10 heteroatoms. The quantitative estimate of drug-likeness (QED) is 0.0205. The number of rotatable bonds is 59. The Bertz CT molecular complexity index is 1820. The van der Waals surface area contributed by atoms with Crippen molar-refractivity contribution in [3.8, 4) is 0 Å². The molecular weight excluding hydrogens is 1040 g/mol. The van der Waals surface area contributed by atoms with E-state index in [0.717, 1.165) is 141 Å². The Hall–Kier alpha value is -3.59. The van der Waals surface area contributed by atoms with Crippen molar-refractivity contribution in [1.29, 1.82) is 0 Å². The van der Waals surface area contributed by atoms with Crippen LogP contribution in [0.3, 0.4) is 0 Å². The molecule has 0 aromatic heterocycles. The molecule has 0 radical (unpaired) electrons. The van der Waals surface area contributed by atoms with Crippen LogP contribution in [0.5, 0.6) is 0 Å². The molecule has 0 spiro atoms. The molecule has 0 aliphatic heterocycles. The molecular formula is C72H126N2O7P+. The minimum Gasteiger partial charge on any atom is -0.456 e. The summed E-state index contributed by atoms with van der Waals surface area (Å²) in [6.45, 7) is 6.84. The zero-order chi connectivity index (χ0) is 60.0. The van der Waals surface area contributed by atoms with Gasteiger partial charge in [-0.15, -0.1) is 0 Å². The highest BCUT2D eigenvalue weighted by molar-refractivity contribution is 7.47. The first kappa shape index (κ1) is 78.4. The maximum absolute atomic E-state index is 13.6. The Morgan fingerprint density at radius 3 is 1.20 bits per heavy atom. The molecule has 0 bridgehead atoms. The molecule has 3 atom stereocenters. The highest BCUT2D eigenvalue weighted by atomic mass is 31.2. The Labute approximate surface area is 505 Å². The van der Waals surface area contributed by atoms with E-state index in [9.17, 15) is 19.0 Å². The highest BCUT2D eigenvalue weighted by Gasteiger charge is 2.30. The summed E-state index contributed by atoms with van der Waals surface area (Å²) >= 11 is 0. The van der Waals surface area contributed by atoms with Gasteiger partial charge in [0, 0.05) is 12.8 Å². The van der Waals surface area contributed by atoms with Crippen LogP contribution in [-0.4, -0.2) is 74.3 Å². The van der Waals surface area contributed by atoms with Crippen molar-refractivity contribution >= 4 is 19.7 Å². The van der Waals surface area contributed by atoms with E-state index in [1.807, 2.05) is 33.3 Å². The van der Waals surface area contributed by atoms with Crippen LogP contribution in [0.4, 0.5) is 0 Å². The molecule has 1 amide bonds. The maximum atomic E-state index is 13.6. The summed E-state index contributed by atoms with van der Waals surface area (Å²) in [7, 11) is 1.46. The van der Waals surface area contributed by atoms with Gasteiger partial charge in [0.2, 0.25) is 5.91 Å². The van der Waals surface area contributed by atoms with Gasteiger partial charge >= 0.3 is 13.8 Å². The summed E-state index contributed by atoms with van der Waals surface area (Å²) in [5.74, 6) is -0.544. The molecule has 0 rings (SSSR count). The smallest absolute Gasteiger partial charge is 0.456 e. The second-order valence-electron chi connectivity index (χ2n) is 23.3. The molecule has 3 unspecified atom stereocenters. The predicted octanol–water partition coefficient (Wildman–Crippen LogP) is 21.1. The molecule has 0 heterocycles. The molecule has 0 aromatic rings. The van der Waals surface area contributed by atoms with Crippen LogP contribution in [0.1, 0.15) is 271 Å². The zero-order valence-electron chi connectivity index (χ0n) is 53.7. The van der Waals surface area contributed by atoms with E-state index in [2.05, 4.69) is 135 Å². The van der Waals surface area contributed by atoms with Crippen molar-refractivity contribution in [2.75, 3.05) is 40.9 Å². The average molecular weight is 1160 g/mol. The van der Waals surface area contributed by atoms with Gasteiger partial charge in [-0.1, -0.05) is 258 Å². The van der Waals surface area contributed by atoms with Crippen molar-refractivity contribution in [1.82, 2.24) is 5.32 Å².